The molecule has 4 aliphatic rings. The van der Waals surface area contributed by atoms with Crippen molar-refractivity contribution in [3.8, 4) is 0 Å². The van der Waals surface area contributed by atoms with E-state index in [0.717, 1.165) is 77.7 Å². The van der Waals surface area contributed by atoms with Crippen molar-refractivity contribution in [3.05, 3.63) is 40.5 Å². The Bertz CT molecular complexity index is 1320. The topological polar surface area (TPSA) is 84.4 Å². The molecule has 1 atom stereocenters. The van der Waals surface area contributed by atoms with Gasteiger partial charge in [-0.2, -0.15) is 0 Å². The molecule has 2 saturated heterocycles. The van der Waals surface area contributed by atoms with E-state index in [4.69, 9.17) is 4.74 Å². The number of amides is 1. The third kappa shape index (κ3) is 3.20. The lowest BCUT2D eigenvalue weighted by Crippen LogP contribution is -2.68. The van der Waals surface area contributed by atoms with Crippen molar-refractivity contribution < 1.29 is 14.3 Å². The molecular formula is C24H22N4O3S2. The van der Waals surface area contributed by atoms with E-state index in [-0.39, 0.29) is 16.4 Å². The third-order valence-electron chi connectivity index (χ3n) is 7.26. The fraction of sp³-hybridized carbons (Fsp3) is 0.417. The number of carbonyl (C=O) groups is 2. The minimum atomic E-state index is 0.0551. The Hall–Kier alpha value is -2.49. The molecule has 7 nitrogen and oxygen atoms in total. The number of likely N-dealkylation sites (tertiary alicyclic amines) is 1. The van der Waals surface area contributed by atoms with Crippen LogP contribution in [0, 0.1) is 11.3 Å². The number of aryl methyl sites for hydroxylation is 1. The first-order valence-corrected chi connectivity index (χ1v) is 12.9. The van der Waals surface area contributed by atoms with Crippen LogP contribution in [0.4, 0.5) is 11.5 Å². The number of aromatic nitrogens is 2. The van der Waals surface area contributed by atoms with E-state index in [1.807, 2.05) is 23.1 Å². The number of thioether (sulfide) groups is 1. The summed E-state index contributed by atoms with van der Waals surface area (Å²) in [7, 11) is 0. The van der Waals surface area contributed by atoms with Crippen LogP contribution in [0.1, 0.15) is 22.4 Å². The smallest absolute Gasteiger partial charge is 0.226 e. The average molecular weight is 479 g/mol. The first-order chi connectivity index (χ1) is 16.1. The van der Waals surface area contributed by atoms with Gasteiger partial charge in [0.25, 0.3) is 0 Å². The molecule has 2 fully saturated rings. The van der Waals surface area contributed by atoms with Crippen LogP contribution in [0.5, 0.6) is 0 Å². The Morgan fingerprint density at radius 2 is 2.12 bits per heavy atom. The standard InChI is InChI=1S/C24H22N4O3S2/c29-19-6-13-1-3-15(7-17(13)32-19)27-21-20-16-4-2-14(5-18(16)33-22(20)26-12-25-21)23(30)28-8-24(9-28)10-31-11-24/h1,3,7,12,14H,2,4-6,8-11H2,(H,25,26,27). The number of ether oxygens (including phenoxy) is 1. The molecule has 2 aromatic heterocycles. The number of hydrogen-bond acceptors (Lipinski definition) is 8. The number of hydrogen-bond donors (Lipinski definition) is 1. The van der Waals surface area contributed by atoms with Crippen LogP contribution in [0.2, 0.25) is 0 Å². The Kier molecular flexibility index (Phi) is 4.38. The summed E-state index contributed by atoms with van der Waals surface area (Å²) in [5.41, 5.74) is 3.55. The summed E-state index contributed by atoms with van der Waals surface area (Å²) in [5.74, 6) is 1.15. The van der Waals surface area contributed by atoms with Crippen LogP contribution < -0.4 is 5.32 Å². The maximum absolute atomic E-state index is 13.1. The lowest BCUT2D eigenvalue weighted by molar-refractivity contribution is -0.197. The largest absolute Gasteiger partial charge is 0.380 e. The first-order valence-electron chi connectivity index (χ1n) is 11.3. The molecule has 1 unspecified atom stereocenters. The number of fused-ring (bicyclic) bond motifs is 4. The fourth-order valence-electron chi connectivity index (χ4n) is 5.49. The van der Waals surface area contributed by atoms with Crippen molar-refractivity contribution >= 4 is 55.8 Å². The van der Waals surface area contributed by atoms with Gasteiger partial charge in [0.2, 0.25) is 5.91 Å². The lowest BCUT2D eigenvalue weighted by atomic mass is 9.76. The van der Waals surface area contributed by atoms with Crippen LogP contribution in [0.3, 0.4) is 0 Å². The molecule has 0 saturated carbocycles. The van der Waals surface area contributed by atoms with Gasteiger partial charge in [-0.05, 0) is 42.5 Å². The van der Waals surface area contributed by atoms with Gasteiger partial charge >= 0.3 is 0 Å². The highest BCUT2D eigenvalue weighted by atomic mass is 32.2. The molecule has 0 bridgehead atoms. The lowest BCUT2D eigenvalue weighted by Gasteiger charge is -2.55. The van der Waals surface area contributed by atoms with Gasteiger partial charge in [-0.3, -0.25) is 9.59 Å². The second-order valence-electron chi connectivity index (χ2n) is 9.63. The van der Waals surface area contributed by atoms with Crippen LogP contribution in [0.25, 0.3) is 10.2 Å². The second kappa shape index (κ2) is 7.25. The second-order valence-corrected chi connectivity index (χ2v) is 11.8. The normalized spacial score (nSPS) is 22.6. The van der Waals surface area contributed by atoms with E-state index in [9.17, 15) is 9.59 Å². The third-order valence-corrected chi connectivity index (χ3v) is 9.40. The number of carbonyl (C=O) groups excluding carboxylic acids is 2. The van der Waals surface area contributed by atoms with Gasteiger partial charge < -0.3 is 15.0 Å². The van der Waals surface area contributed by atoms with Crippen molar-refractivity contribution in [2.45, 2.75) is 30.6 Å². The number of nitrogens with zero attached hydrogens (tertiary/aromatic N) is 3. The molecule has 1 aromatic carbocycles. The van der Waals surface area contributed by atoms with E-state index in [1.54, 1.807) is 17.7 Å². The van der Waals surface area contributed by atoms with Crippen LogP contribution in [-0.4, -0.2) is 52.2 Å². The zero-order valence-electron chi connectivity index (χ0n) is 17.9. The highest BCUT2D eigenvalue weighted by molar-refractivity contribution is 8.14. The molecule has 0 radical (unpaired) electrons. The van der Waals surface area contributed by atoms with Gasteiger partial charge in [0.05, 0.1) is 24.0 Å². The first kappa shape index (κ1) is 19.9. The minimum Gasteiger partial charge on any atom is -0.380 e. The predicted molar refractivity (Wildman–Crippen MR) is 127 cm³/mol. The van der Waals surface area contributed by atoms with Gasteiger partial charge in [0.15, 0.2) is 5.12 Å². The predicted octanol–water partition coefficient (Wildman–Crippen LogP) is 3.57. The Morgan fingerprint density at radius 1 is 1.24 bits per heavy atom. The summed E-state index contributed by atoms with van der Waals surface area (Å²) in [5, 5.41) is 4.73. The summed E-state index contributed by atoms with van der Waals surface area (Å²) in [6, 6.07) is 6.05. The molecule has 1 amide bonds. The van der Waals surface area contributed by atoms with E-state index in [1.165, 1.54) is 22.2 Å². The van der Waals surface area contributed by atoms with Crippen LogP contribution in [-0.2, 0) is 33.6 Å². The van der Waals surface area contributed by atoms with Gasteiger partial charge in [-0.25, -0.2) is 9.97 Å². The van der Waals surface area contributed by atoms with Crippen molar-refractivity contribution in [2.24, 2.45) is 11.3 Å². The Labute approximate surface area is 198 Å². The molecule has 7 rings (SSSR count). The summed E-state index contributed by atoms with van der Waals surface area (Å²) in [4.78, 5) is 39.2. The van der Waals surface area contributed by atoms with Gasteiger partial charge in [0.1, 0.15) is 17.0 Å². The highest BCUT2D eigenvalue weighted by Gasteiger charge is 2.51. The zero-order valence-corrected chi connectivity index (χ0v) is 19.6. The van der Waals surface area contributed by atoms with Crippen molar-refractivity contribution in [1.82, 2.24) is 14.9 Å². The summed E-state index contributed by atoms with van der Waals surface area (Å²) in [6.07, 6.45) is 4.61. The molecule has 3 aromatic rings. The van der Waals surface area contributed by atoms with E-state index < -0.39 is 0 Å². The van der Waals surface area contributed by atoms with E-state index in [0.29, 0.717) is 12.3 Å². The quantitative estimate of drug-likeness (QED) is 0.616. The molecule has 1 N–H and O–H groups in total. The summed E-state index contributed by atoms with van der Waals surface area (Å²) >= 11 is 3.00. The Balaban J connectivity index is 1.14. The maximum atomic E-state index is 13.1. The van der Waals surface area contributed by atoms with E-state index in [2.05, 4.69) is 15.3 Å². The SMILES string of the molecule is O=C1Cc2ccc(Nc3ncnc4sc5c(c34)CCC(C(=O)N3CC4(COC4)C3)C5)cc2S1. The van der Waals surface area contributed by atoms with Crippen LogP contribution in [0.15, 0.2) is 29.4 Å². The van der Waals surface area contributed by atoms with Crippen LogP contribution >= 0.6 is 23.1 Å². The minimum absolute atomic E-state index is 0.0551. The number of thiophene rings is 1. The molecule has 9 heteroatoms. The number of benzene rings is 1. The van der Waals surface area contributed by atoms with Gasteiger partial charge in [0, 0.05) is 40.9 Å². The number of nitrogens with one attached hydrogen (secondary N) is 1. The summed E-state index contributed by atoms with van der Waals surface area (Å²) < 4.78 is 5.34. The Morgan fingerprint density at radius 3 is 2.94 bits per heavy atom. The molecule has 168 valence electrons. The van der Waals surface area contributed by atoms with Gasteiger partial charge in [-0.1, -0.05) is 17.8 Å². The van der Waals surface area contributed by atoms with E-state index >= 15 is 0 Å². The fourth-order valence-corrected chi connectivity index (χ4v) is 7.69. The molecule has 1 aliphatic carbocycles. The molecule has 5 heterocycles. The molecule has 3 aliphatic heterocycles. The summed E-state index contributed by atoms with van der Waals surface area (Å²) in [6.45, 7) is 3.31. The zero-order chi connectivity index (χ0) is 22.2. The average Bonchev–Trinajstić information content (AvgIpc) is 3.30. The molecular weight excluding hydrogens is 456 g/mol. The number of anilines is 2. The number of rotatable bonds is 3. The van der Waals surface area contributed by atoms with Crippen molar-refractivity contribution in [1.29, 1.82) is 0 Å². The van der Waals surface area contributed by atoms with Crippen molar-refractivity contribution in [3.63, 3.8) is 0 Å². The highest BCUT2D eigenvalue weighted by Crippen LogP contribution is 2.43. The monoisotopic (exact) mass is 478 g/mol. The maximum Gasteiger partial charge on any atom is 0.226 e. The van der Waals surface area contributed by atoms with Crippen molar-refractivity contribution in [2.75, 3.05) is 31.6 Å². The molecule has 33 heavy (non-hydrogen) atoms. The molecule has 1 spiro atoms. The van der Waals surface area contributed by atoms with Gasteiger partial charge in [-0.15, -0.1) is 11.3 Å².